The summed E-state index contributed by atoms with van der Waals surface area (Å²) in [6.07, 6.45) is 8.55. The third-order valence-corrected chi connectivity index (χ3v) is 12.0. The summed E-state index contributed by atoms with van der Waals surface area (Å²) in [7, 11) is 0. The van der Waals surface area contributed by atoms with Crippen molar-refractivity contribution < 1.29 is 23.7 Å². The topological polar surface area (TPSA) is 66.0 Å². The largest absolute Gasteiger partial charge is 0.350 e. The van der Waals surface area contributed by atoms with E-state index in [9.17, 15) is 4.79 Å². The number of hydrogen-bond acceptors (Lipinski definition) is 5. The summed E-state index contributed by atoms with van der Waals surface area (Å²) in [5.74, 6) is 2.53. The molecular weight excluding hydrogens is 574 g/mol. The van der Waals surface area contributed by atoms with Crippen molar-refractivity contribution in [2.45, 2.75) is 163 Å². The molecule has 0 bridgehead atoms. The van der Waals surface area contributed by atoms with E-state index in [1.165, 1.54) is 5.56 Å². The standard InChI is InChI=1S/C40H69NO5/c1-11-15-22-40(23-16-12-2,33-20-18-17-19-21-33)24-37(42)41-34(25-43-38-31(9)27(5)29(7)35(13-3)45-38)26-44-39-32(10)28(6)30(8)36(14-4)46-39/h17-21,27-32,34-36,38-39H,11-16,22-26H2,1-10H3,(H,41,42)/t27?,28?,29-,30-,31-,32-,34?,35?,36?,38+,39+/m1/s1. The van der Waals surface area contributed by atoms with E-state index in [4.69, 9.17) is 18.9 Å². The average molecular weight is 644 g/mol. The second-order valence-corrected chi connectivity index (χ2v) is 15.0. The summed E-state index contributed by atoms with van der Waals surface area (Å²) in [4.78, 5) is 14.1. The van der Waals surface area contributed by atoms with Crippen molar-refractivity contribution in [2.24, 2.45) is 35.5 Å². The molecule has 1 N–H and O–H groups in total. The minimum Gasteiger partial charge on any atom is -0.350 e. The van der Waals surface area contributed by atoms with E-state index >= 15 is 0 Å². The van der Waals surface area contributed by atoms with Gasteiger partial charge in [0.25, 0.3) is 0 Å². The first kappa shape index (κ1) is 39.0. The quantitative estimate of drug-likeness (QED) is 0.173. The predicted octanol–water partition coefficient (Wildman–Crippen LogP) is 9.30. The van der Waals surface area contributed by atoms with E-state index in [1.54, 1.807) is 0 Å². The van der Waals surface area contributed by atoms with Crippen molar-refractivity contribution in [3.63, 3.8) is 0 Å². The van der Waals surface area contributed by atoms with Crippen LogP contribution in [-0.4, -0.2) is 50.0 Å². The molecule has 0 saturated carbocycles. The highest BCUT2D eigenvalue weighted by Crippen LogP contribution is 2.40. The first-order valence-electron chi connectivity index (χ1n) is 18.9. The van der Waals surface area contributed by atoms with Crippen molar-refractivity contribution >= 4 is 5.91 Å². The molecule has 3 rings (SSSR count). The van der Waals surface area contributed by atoms with Crippen LogP contribution in [0.4, 0.5) is 0 Å². The van der Waals surface area contributed by atoms with Gasteiger partial charge in [-0.3, -0.25) is 4.79 Å². The van der Waals surface area contributed by atoms with Crippen molar-refractivity contribution in [3.8, 4) is 0 Å². The zero-order valence-electron chi connectivity index (χ0n) is 31.1. The number of carbonyl (C=O) groups excluding carboxylic acids is 1. The molecule has 46 heavy (non-hydrogen) atoms. The smallest absolute Gasteiger partial charge is 0.221 e. The fourth-order valence-electron chi connectivity index (χ4n) is 7.94. The molecule has 1 aromatic rings. The molecule has 1 amide bonds. The summed E-state index contributed by atoms with van der Waals surface area (Å²) >= 11 is 0. The van der Waals surface area contributed by atoms with E-state index in [-0.39, 0.29) is 54.0 Å². The van der Waals surface area contributed by atoms with Crippen molar-refractivity contribution in [1.82, 2.24) is 5.32 Å². The Morgan fingerprint density at radius 1 is 0.717 bits per heavy atom. The fourth-order valence-corrected chi connectivity index (χ4v) is 7.94. The van der Waals surface area contributed by atoms with Crippen LogP contribution < -0.4 is 5.32 Å². The maximum atomic E-state index is 14.1. The molecule has 2 saturated heterocycles. The Labute approximate surface area is 282 Å². The van der Waals surface area contributed by atoms with Gasteiger partial charge in [-0.1, -0.05) is 125 Å². The van der Waals surface area contributed by atoms with Crippen LogP contribution in [0.5, 0.6) is 0 Å². The molecule has 264 valence electrons. The maximum Gasteiger partial charge on any atom is 0.221 e. The number of amides is 1. The van der Waals surface area contributed by atoms with Crippen LogP contribution in [0.15, 0.2) is 30.3 Å². The number of unbranched alkanes of at least 4 members (excludes halogenated alkanes) is 2. The fraction of sp³-hybridized carbons (Fsp3) is 0.825. The first-order chi connectivity index (χ1) is 22.0. The predicted molar refractivity (Wildman–Crippen MR) is 189 cm³/mol. The Morgan fingerprint density at radius 2 is 1.17 bits per heavy atom. The monoisotopic (exact) mass is 644 g/mol. The Bertz CT molecular complexity index is 951. The van der Waals surface area contributed by atoms with Gasteiger partial charge in [-0.15, -0.1) is 0 Å². The Kier molecular flexibility index (Phi) is 16.0. The lowest BCUT2D eigenvalue weighted by molar-refractivity contribution is -0.261. The van der Waals surface area contributed by atoms with E-state index in [0.717, 1.165) is 51.4 Å². The van der Waals surface area contributed by atoms with Crippen molar-refractivity contribution in [1.29, 1.82) is 0 Å². The highest BCUT2D eigenvalue weighted by atomic mass is 16.7. The zero-order chi connectivity index (χ0) is 33.9. The molecule has 2 heterocycles. The van der Waals surface area contributed by atoms with Crippen molar-refractivity contribution in [2.75, 3.05) is 13.2 Å². The summed E-state index contributed by atoms with van der Waals surface area (Å²) in [6.45, 7) is 23.2. The average Bonchev–Trinajstić information content (AvgIpc) is 3.06. The van der Waals surface area contributed by atoms with Crippen LogP contribution in [0.1, 0.15) is 133 Å². The van der Waals surface area contributed by atoms with E-state index in [2.05, 4.69) is 105 Å². The van der Waals surface area contributed by atoms with Gasteiger partial charge in [-0.25, -0.2) is 0 Å². The molecule has 6 heteroatoms. The third-order valence-electron chi connectivity index (χ3n) is 12.0. The highest BCUT2D eigenvalue weighted by Gasteiger charge is 2.41. The molecule has 6 nitrogen and oxygen atoms in total. The second-order valence-electron chi connectivity index (χ2n) is 15.0. The number of ether oxygens (including phenoxy) is 4. The Morgan fingerprint density at radius 3 is 1.59 bits per heavy atom. The maximum absolute atomic E-state index is 14.1. The van der Waals surface area contributed by atoms with Crippen LogP contribution in [-0.2, 0) is 29.2 Å². The van der Waals surface area contributed by atoms with Crippen LogP contribution in [0.3, 0.4) is 0 Å². The lowest BCUT2D eigenvalue weighted by Gasteiger charge is -2.44. The van der Waals surface area contributed by atoms with Gasteiger partial charge in [0.05, 0.1) is 31.5 Å². The molecule has 0 radical (unpaired) electrons. The summed E-state index contributed by atoms with van der Waals surface area (Å²) in [5, 5.41) is 3.39. The molecule has 0 spiro atoms. The summed E-state index contributed by atoms with van der Waals surface area (Å²) in [6, 6.07) is 10.4. The van der Waals surface area contributed by atoms with Gasteiger partial charge in [0.1, 0.15) is 0 Å². The van der Waals surface area contributed by atoms with Crippen LogP contribution >= 0.6 is 0 Å². The Balaban J connectivity index is 1.80. The highest BCUT2D eigenvalue weighted by molar-refractivity contribution is 5.78. The van der Waals surface area contributed by atoms with Crippen LogP contribution in [0.2, 0.25) is 0 Å². The molecule has 0 aliphatic carbocycles. The van der Waals surface area contributed by atoms with Gasteiger partial charge in [0, 0.05) is 23.7 Å². The van der Waals surface area contributed by atoms with Gasteiger partial charge in [-0.05, 0) is 54.9 Å². The van der Waals surface area contributed by atoms with Crippen LogP contribution in [0, 0.1) is 35.5 Å². The molecule has 2 fully saturated rings. The molecule has 4 unspecified atom stereocenters. The van der Waals surface area contributed by atoms with Crippen LogP contribution in [0.25, 0.3) is 0 Å². The third kappa shape index (κ3) is 10.0. The number of benzene rings is 1. The number of nitrogens with one attached hydrogen (secondary N) is 1. The summed E-state index contributed by atoms with van der Waals surface area (Å²) < 4.78 is 26.0. The SMILES string of the molecule is CCCCC(CCCC)(CC(=O)NC(CO[C@H]1OC(CC)[C@H](C)C(C)[C@H]1C)CO[C@H]1OC(CC)[C@H](C)C(C)[C@H]1C)c1ccccc1. The summed E-state index contributed by atoms with van der Waals surface area (Å²) in [5.41, 5.74) is 1.08. The number of carbonyl (C=O) groups is 1. The van der Waals surface area contributed by atoms with Gasteiger partial charge < -0.3 is 24.3 Å². The minimum absolute atomic E-state index is 0.0605. The van der Waals surface area contributed by atoms with Gasteiger partial charge in [-0.2, -0.15) is 0 Å². The second kappa shape index (κ2) is 18.9. The van der Waals surface area contributed by atoms with Gasteiger partial charge >= 0.3 is 0 Å². The normalized spacial score (nSPS) is 32.7. The van der Waals surface area contributed by atoms with E-state index in [1.807, 2.05) is 0 Å². The minimum atomic E-state index is -0.311. The van der Waals surface area contributed by atoms with Gasteiger partial charge in [0.15, 0.2) is 12.6 Å². The van der Waals surface area contributed by atoms with E-state index in [0.29, 0.717) is 43.3 Å². The lowest BCUT2D eigenvalue weighted by atomic mass is 9.70. The number of hydrogen-bond donors (Lipinski definition) is 1. The molecule has 2 aliphatic rings. The molecular formula is C40H69NO5. The van der Waals surface area contributed by atoms with Crippen molar-refractivity contribution in [3.05, 3.63) is 35.9 Å². The Hall–Kier alpha value is -1.47. The molecule has 0 aromatic heterocycles. The lowest BCUT2D eigenvalue weighted by Crippen LogP contribution is -2.50. The zero-order valence-corrected chi connectivity index (χ0v) is 31.1. The molecule has 10 atom stereocenters. The first-order valence-corrected chi connectivity index (χ1v) is 18.9. The molecule has 1 aromatic carbocycles. The number of rotatable bonds is 18. The molecule has 2 aliphatic heterocycles. The van der Waals surface area contributed by atoms with E-state index < -0.39 is 0 Å². The van der Waals surface area contributed by atoms with Gasteiger partial charge in [0.2, 0.25) is 5.91 Å².